The third kappa shape index (κ3) is 5.24. The molecule has 2 aromatic carbocycles. The third-order valence-corrected chi connectivity index (χ3v) is 6.04. The molecule has 2 heterocycles. The Hall–Kier alpha value is -3.21. The van der Waals surface area contributed by atoms with E-state index >= 15 is 0 Å². The molecule has 0 radical (unpaired) electrons. The number of hydrogen-bond acceptors (Lipinski definition) is 3. The van der Waals surface area contributed by atoms with Crippen LogP contribution >= 0.6 is 11.6 Å². The number of benzene rings is 2. The Bertz CT molecular complexity index is 1240. The van der Waals surface area contributed by atoms with Gasteiger partial charge in [-0.3, -0.25) is 9.78 Å². The molecule has 0 saturated carbocycles. The second-order valence-corrected chi connectivity index (χ2v) is 8.95. The number of carbonyl (C=O) groups excluding carboxylic acids is 1. The van der Waals surface area contributed by atoms with E-state index in [0.717, 1.165) is 52.3 Å². The summed E-state index contributed by atoms with van der Waals surface area (Å²) in [5.74, 6) is 0.184. The molecule has 0 unspecified atom stereocenters. The number of nitrogens with zero attached hydrogens (tertiary/aromatic N) is 3. The van der Waals surface area contributed by atoms with Gasteiger partial charge in [-0.2, -0.15) is 0 Å². The summed E-state index contributed by atoms with van der Waals surface area (Å²) in [6.45, 7) is 3.00. The van der Waals surface area contributed by atoms with E-state index in [0.29, 0.717) is 11.4 Å². The highest BCUT2D eigenvalue weighted by atomic mass is 35.5. The first-order valence-corrected chi connectivity index (χ1v) is 11.5. The highest BCUT2D eigenvalue weighted by molar-refractivity contribution is 6.30. The number of rotatable bonds is 8. The number of aromatic nitrogens is 2. The molecule has 4 aromatic rings. The summed E-state index contributed by atoms with van der Waals surface area (Å²) in [6, 6.07) is 22.0. The summed E-state index contributed by atoms with van der Waals surface area (Å²) in [6.07, 6.45) is 5.12. The SMILES string of the molecule is Cc1ccncc1-n1c(-c2ccc(Cl)cc2)ccc1-c1ccc(C(=O)CCCN(C)C)cc1. The van der Waals surface area contributed by atoms with E-state index in [4.69, 9.17) is 11.6 Å². The molecule has 2 aromatic heterocycles. The summed E-state index contributed by atoms with van der Waals surface area (Å²) >= 11 is 6.12. The average molecular weight is 458 g/mol. The molecule has 0 bridgehead atoms. The summed E-state index contributed by atoms with van der Waals surface area (Å²) in [4.78, 5) is 19.1. The molecule has 0 spiro atoms. The Balaban J connectivity index is 1.71. The highest BCUT2D eigenvalue weighted by Crippen LogP contribution is 2.34. The van der Waals surface area contributed by atoms with Crippen LogP contribution in [0, 0.1) is 6.92 Å². The van der Waals surface area contributed by atoms with E-state index < -0.39 is 0 Å². The van der Waals surface area contributed by atoms with Gasteiger partial charge in [0.15, 0.2) is 5.78 Å². The van der Waals surface area contributed by atoms with Crippen LogP contribution in [-0.2, 0) is 0 Å². The quantitative estimate of drug-likeness (QED) is 0.276. The summed E-state index contributed by atoms with van der Waals surface area (Å²) in [5, 5.41) is 0.709. The van der Waals surface area contributed by atoms with Gasteiger partial charge in [0, 0.05) is 23.2 Å². The van der Waals surface area contributed by atoms with Gasteiger partial charge in [0.1, 0.15) is 0 Å². The largest absolute Gasteiger partial charge is 0.309 e. The van der Waals surface area contributed by atoms with Crippen molar-refractivity contribution in [2.45, 2.75) is 19.8 Å². The van der Waals surface area contributed by atoms with Crippen molar-refractivity contribution in [2.24, 2.45) is 0 Å². The Labute approximate surface area is 200 Å². The molecule has 0 aliphatic carbocycles. The maximum absolute atomic E-state index is 12.6. The van der Waals surface area contributed by atoms with Gasteiger partial charge < -0.3 is 9.47 Å². The molecule has 0 amide bonds. The van der Waals surface area contributed by atoms with Gasteiger partial charge in [-0.25, -0.2) is 0 Å². The first kappa shape index (κ1) is 23.0. The van der Waals surface area contributed by atoms with Gasteiger partial charge in [-0.05, 0) is 81.0 Å². The fourth-order valence-corrected chi connectivity index (χ4v) is 4.11. The number of carbonyl (C=O) groups is 1. The van der Waals surface area contributed by atoms with Crippen LogP contribution in [-0.4, -0.2) is 40.9 Å². The lowest BCUT2D eigenvalue weighted by atomic mass is 10.0. The lowest BCUT2D eigenvalue weighted by molar-refractivity contribution is 0.0977. The molecule has 0 saturated heterocycles. The number of halogens is 1. The molecule has 4 nitrogen and oxygen atoms in total. The summed E-state index contributed by atoms with van der Waals surface area (Å²) in [5.41, 5.74) is 7.12. The lowest BCUT2D eigenvalue weighted by Gasteiger charge is -2.16. The predicted octanol–water partition coefficient (Wildman–Crippen LogP) is 6.69. The minimum atomic E-state index is 0.184. The Morgan fingerprint density at radius 2 is 1.52 bits per heavy atom. The topological polar surface area (TPSA) is 38.1 Å². The lowest BCUT2D eigenvalue weighted by Crippen LogP contribution is -2.14. The normalized spacial score (nSPS) is 11.2. The Morgan fingerprint density at radius 3 is 2.09 bits per heavy atom. The smallest absolute Gasteiger partial charge is 0.162 e. The maximum Gasteiger partial charge on any atom is 0.162 e. The van der Waals surface area contributed by atoms with Crippen molar-refractivity contribution in [1.82, 2.24) is 14.5 Å². The van der Waals surface area contributed by atoms with E-state index in [-0.39, 0.29) is 5.78 Å². The second kappa shape index (κ2) is 10.2. The van der Waals surface area contributed by atoms with Crippen molar-refractivity contribution in [3.63, 3.8) is 0 Å². The molecule has 0 atom stereocenters. The zero-order valence-electron chi connectivity index (χ0n) is 19.3. The summed E-state index contributed by atoms with van der Waals surface area (Å²) in [7, 11) is 4.05. The zero-order valence-corrected chi connectivity index (χ0v) is 20.0. The van der Waals surface area contributed by atoms with Gasteiger partial charge >= 0.3 is 0 Å². The van der Waals surface area contributed by atoms with E-state index in [1.54, 1.807) is 6.20 Å². The van der Waals surface area contributed by atoms with Crippen LogP contribution in [0.25, 0.3) is 28.2 Å². The van der Waals surface area contributed by atoms with Crippen LogP contribution in [0.15, 0.2) is 79.1 Å². The van der Waals surface area contributed by atoms with Gasteiger partial charge in [0.05, 0.1) is 23.3 Å². The number of aryl methyl sites for hydroxylation is 1. The standard InChI is InChI=1S/C28H28ClN3O/c1-20-16-17-30-19-27(20)32-25(14-15-26(32)22-10-12-24(29)13-11-22)21-6-8-23(9-7-21)28(33)5-4-18-31(2)3/h6-17,19H,4-5,18H2,1-3H3. The molecule has 0 fully saturated rings. The molecule has 168 valence electrons. The fraction of sp³-hybridized carbons (Fsp3) is 0.214. The number of ketones is 1. The molecular weight excluding hydrogens is 430 g/mol. The average Bonchev–Trinajstić information content (AvgIpc) is 3.24. The van der Waals surface area contributed by atoms with Crippen molar-refractivity contribution >= 4 is 17.4 Å². The predicted molar refractivity (Wildman–Crippen MR) is 136 cm³/mol. The third-order valence-electron chi connectivity index (χ3n) is 5.79. The van der Waals surface area contributed by atoms with Gasteiger partial charge in [0.2, 0.25) is 0 Å². The van der Waals surface area contributed by atoms with E-state index in [9.17, 15) is 4.79 Å². The molecule has 0 N–H and O–H groups in total. The van der Waals surface area contributed by atoms with Crippen LogP contribution in [0.1, 0.15) is 28.8 Å². The molecular formula is C28H28ClN3O. The van der Waals surface area contributed by atoms with Crippen LogP contribution in [0.4, 0.5) is 0 Å². The minimum Gasteiger partial charge on any atom is -0.309 e. The highest BCUT2D eigenvalue weighted by Gasteiger charge is 2.16. The maximum atomic E-state index is 12.6. The molecule has 5 heteroatoms. The van der Waals surface area contributed by atoms with Gasteiger partial charge in [-0.1, -0.05) is 48.0 Å². The zero-order chi connectivity index (χ0) is 23.4. The van der Waals surface area contributed by atoms with Crippen molar-refractivity contribution < 1.29 is 4.79 Å². The first-order chi connectivity index (χ1) is 15.9. The minimum absolute atomic E-state index is 0.184. The van der Waals surface area contributed by atoms with Crippen molar-refractivity contribution in [2.75, 3.05) is 20.6 Å². The van der Waals surface area contributed by atoms with Crippen molar-refractivity contribution in [1.29, 1.82) is 0 Å². The molecule has 33 heavy (non-hydrogen) atoms. The van der Waals surface area contributed by atoms with E-state index in [1.165, 1.54) is 0 Å². The number of Topliss-reactive ketones (excluding diaryl/α,β-unsaturated/α-hetero) is 1. The molecule has 4 rings (SSSR count). The van der Waals surface area contributed by atoms with Crippen LogP contribution < -0.4 is 0 Å². The monoisotopic (exact) mass is 457 g/mol. The van der Waals surface area contributed by atoms with Crippen LogP contribution in [0.3, 0.4) is 0 Å². The summed E-state index contributed by atoms with van der Waals surface area (Å²) < 4.78 is 2.22. The van der Waals surface area contributed by atoms with E-state index in [2.05, 4.69) is 33.5 Å². The molecule has 0 aliphatic heterocycles. The van der Waals surface area contributed by atoms with E-state index in [1.807, 2.05) is 74.9 Å². The molecule has 0 aliphatic rings. The Kier molecular flexibility index (Phi) is 7.07. The number of hydrogen-bond donors (Lipinski definition) is 0. The van der Waals surface area contributed by atoms with Crippen molar-refractivity contribution in [3.05, 3.63) is 95.3 Å². The number of pyridine rings is 1. The van der Waals surface area contributed by atoms with Crippen molar-refractivity contribution in [3.8, 4) is 28.2 Å². The van der Waals surface area contributed by atoms with Crippen LogP contribution in [0.5, 0.6) is 0 Å². The fourth-order valence-electron chi connectivity index (χ4n) is 3.98. The van der Waals surface area contributed by atoms with Crippen LogP contribution in [0.2, 0.25) is 5.02 Å². The Morgan fingerprint density at radius 1 is 0.909 bits per heavy atom. The first-order valence-electron chi connectivity index (χ1n) is 11.1. The van der Waals surface area contributed by atoms with Gasteiger partial charge in [-0.15, -0.1) is 0 Å². The second-order valence-electron chi connectivity index (χ2n) is 8.52. The van der Waals surface area contributed by atoms with Gasteiger partial charge in [0.25, 0.3) is 0 Å².